The van der Waals surface area contributed by atoms with Crippen molar-refractivity contribution in [1.82, 2.24) is 10.6 Å². The standard InChI is InChI=1S/C12H24N2O2/c1-12(2,3)10(15)8-13-11(16)14-9-6-4-5-7-9/h9-10,15H,4-8H2,1-3H3,(H2,13,14,16). The summed E-state index contributed by atoms with van der Waals surface area (Å²) < 4.78 is 0. The van der Waals surface area contributed by atoms with Crippen LogP contribution in [-0.2, 0) is 0 Å². The number of nitrogens with one attached hydrogen (secondary N) is 2. The van der Waals surface area contributed by atoms with Crippen molar-refractivity contribution in [3.8, 4) is 0 Å². The maximum atomic E-state index is 11.5. The van der Waals surface area contributed by atoms with Crippen LogP contribution in [-0.4, -0.2) is 29.8 Å². The van der Waals surface area contributed by atoms with Crippen LogP contribution in [0.5, 0.6) is 0 Å². The minimum Gasteiger partial charge on any atom is -0.391 e. The summed E-state index contributed by atoms with van der Waals surface area (Å²) in [6.07, 6.45) is 4.05. The van der Waals surface area contributed by atoms with Gasteiger partial charge in [-0.3, -0.25) is 0 Å². The molecule has 0 aliphatic heterocycles. The Kier molecular flexibility index (Phi) is 4.59. The average molecular weight is 228 g/mol. The van der Waals surface area contributed by atoms with E-state index in [4.69, 9.17) is 0 Å². The first-order valence-corrected chi connectivity index (χ1v) is 6.12. The van der Waals surface area contributed by atoms with Gasteiger partial charge in [0.25, 0.3) is 0 Å². The molecule has 1 aliphatic rings. The van der Waals surface area contributed by atoms with E-state index in [0.29, 0.717) is 12.6 Å². The monoisotopic (exact) mass is 228 g/mol. The molecule has 3 N–H and O–H groups in total. The lowest BCUT2D eigenvalue weighted by Crippen LogP contribution is -2.46. The molecule has 1 fully saturated rings. The number of carbonyl (C=O) groups excluding carboxylic acids is 1. The summed E-state index contributed by atoms with van der Waals surface area (Å²) in [4.78, 5) is 11.5. The molecular weight excluding hydrogens is 204 g/mol. The van der Waals surface area contributed by atoms with Crippen molar-refractivity contribution in [3.05, 3.63) is 0 Å². The van der Waals surface area contributed by atoms with Gasteiger partial charge in [-0.25, -0.2) is 4.79 Å². The molecule has 4 nitrogen and oxygen atoms in total. The highest BCUT2D eigenvalue weighted by atomic mass is 16.3. The summed E-state index contributed by atoms with van der Waals surface area (Å²) in [5.41, 5.74) is -0.194. The maximum absolute atomic E-state index is 11.5. The first-order chi connectivity index (χ1) is 7.39. The first kappa shape index (κ1) is 13.3. The van der Waals surface area contributed by atoms with Crippen LogP contribution in [0.15, 0.2) is 0 Å². The molecule has 94 valence electrons. The van der Waals surface area contributed by atoms with E-state index in [-0.39, 0.29) is 11.4 Å². The highest BCUT2D eigenvalue weighted by Crippen LogP contribution is 2.18. The summed E-state index contributed by atoms with van der Waals surface area (Å²) in [7, 11) is 0. The summed E-state index contributed by atoms with van der Waals surface area (Å²) >= 11 is 0. The van der Waals surface area contributed by atoms with Gasteiger partial charge in [0.15, 0.2) is 0 Å². The van der Waals surface area contributed by atoms with E-state index in [9.17, 15) is 9.90 Å². The lowest BCUT2D eigenvalue weighted by molar-refractivity contribution is 0.0649. The fraction of sp³-hybridized carbons (Fsp3) is 0.917. The Morgan fingerprint density at radius 3 is 2.44 bits per heavy atom. The SMILES string of the molecule is CC(C)(C)C(O)CNC(=O)NC1CCCC1. The van der Waals surface area contributed by atoms with E-state index in [1.807, 2.05) is 20.8 Å². The van der Waals surface area contributed by atoms with Gasteiger partial charge in [0, 0.05) is 12.6 Å². The summed E-state index contributed by atoms with van der Waals surface area (Å²) in [5.74, 6) is 0. The number of rotatable bonds is 3. The highest BCUT2D eigenvalue weighted by molar-refractivity contribution is 5.74. The smallest absolute Gasteiger partial charge is 0.315 e. The summed E-state index contributed by atoms with van der Waals surface area (Å²) in [6, 6.07) is 0.168. The van der Waals surface area contributed by atoms with Crippen LogP contribution >= 0.6 is 0 Å². The zero-order chi connectivity index (χ0) is 12.2. The van der Waals surface area contributed by atoms with Crippen molar-refractivity contribution in [2.45, 2.75) is 58.6 Å². The molecule has 0 aromatic carbocycles. The predicted octanol–water partition coefficient (Wildman–Crippen LogP) is 1.64. The second-order valence-electron chi connectivity index (χ2n) is 5.72. The van der Waals surface area contributed by atoms with Crippen LogP contribution < -0.4 is 10.6 Å². The number of hydrogen-bond donors (Lipinski definition) is 3. The third kappa shape index (κ3) is 4.39. The van der Waals surface area contributed by atoms with E-state index in [1.165, 1.54) is 12.8 Å². The molecule has 1 atom stereocenters. The van der Waals surface area contributed by atoms with E-state index in [1.54, 1.807) is 0 Å². The van der Waals surface area contributed by atoms with Crippen LogP contribution in [0, 0.1) is 5.41 Å². The topological polar surface area (TPSA) is 61.4 Å². The second-order valence-corrected chi connectivity index (χ2v) is 5.72. The lowest BCUT2D eigenvalue weighted by atomic mass is 9.89. The van der Waals surface area contributed by atoms with Crippen LogP contribution in [0.3, 0.4) is 0 Å². The van der Waals surface area contributed by atoms with Gasteiger partial charge in [-0.15, -0.1) is 0 Å². The van der Waals surface area contributed by atoms with Crippen molar-refractivity contribution in [1.29, 1.82) is 0 Å². The van der Waals surface area contributed by atoms with Gasteiger partial charge in [-0.05, 0) is 18.3 Å². The number of urea groups is 1. The molecular formula is C12H24N2O2. The fourth-order valence-corrected chi connectivity index (χ4v) is 1.80. The molecule has 0 aromatic rings. The zero-order valence-corrected chi connectivity index (χ0v) is 10.5. The predicted molar refractivity (Wildman–Crippen MR) is 64.3 cm³/mol. The Bertz CT molecular complexity index is 230. The van der Waals surface area contributed by atoms with Crippen LogP contribution in [0.4, 0.5) is 4.79 Å². The molecule has 0 radical (unpaired) electrons. The zero-order valence-electron chi connectivity index (χ0n) is 10.5. The van der Waals surface area contributed by atoms with Gasteiger partial charge >= 0.3 is 6.03 Å². The molecule has 0 bridgehead atoms. The Morgan fingerprint density at radius 2 is 1.94 bits per heavy atom. The van der Waals surface area contributed by atoms with E-state index >= 15 is 0 Å². The Labute approximate surface area is 97.8 Å². The molecule has 1 aliphatic carbocycles. The average Bonchev–Trinajstić information content (AvgIpc) is 2.65. The van der Waals surface area contributed by atoms with E-state index in [2.05, 4.69) is 10.6 Å². The highest BCUT2D eigenvalue weighted by Gasteiger charge is 2.23. The number of hydrogen-bond acceptors (Lipinski definition) is 2. The lowest BCUT2D eigenvalue weighted by Gasteiger charge is -2.26. The van der Waals surface area contributed by atoms with Gasteiger partial charge in [0.1, 0.15) is 0 Å². The maximum Gasteiger partial charge on any atom is 0.315 e. The molecule has 1 unspecified atom stereocenters. The minimum atomic E-state index is -0.512. The summed E-state index contributed by atoms with van der Waals surface area (Å²) in [5, 5.41) is 15.4. The number of aliphatic hydroxyl groups is 1. The number of aliphatic hydroxyl groups excluding tert-OH is 1. The Hall–Kier alpha value is -0.770. The minimum absolute atomic E-state index is 0.157. The van der Waals surface area contributed by atoms with Gasteiger partial charge in [0.05, 0.1) is 6.10 Å². The van der Waals surface area contributed by atoms with Crippen molar-refractivity contribution in [3.63, 3.8) is 0 Å². The first-order valence-electron chi connectivity index (χ1n) is 6.12. The molecule has 1 saturated carbocycles. The van der Waals surface area contributed by atoms with Crippen molar-refractivity contribution < 1.29 is 9.90 Å². The van der Waals surface area contributed by atoms with E-state index < -0.39 is 6.10 Å². The second kappa shape index (κ2) is 5.53. The normalized spacial score (nSPS) is 19.5. The van der Waals surface area contributed by atoms with Crippen LogP contribution in [0.2, 0.25) is 0 Å². The van der Waals surface area contributed by atoms with Gasteiger partial charge in [0.2, 0.25) is 0 Å². The third-order valence-corrected chi connectivity index (χ3v) is 3.15. The molecule has 1 rings (SSSR count). The molecule has 0 saturated heterocycles. The molecule has 4 heteroatoms. The molecule has 2 amide bonds. The third-order valence-electron chi connectivity index (χ3n) is 3.15. The van der Waals surface area contributed by atoms with Gasteiger partial charge < -0.3 is 15.7 Å². The van der Waals surface area contributed by atoms with Crippen molar-refractivity contribution in [2.75, 3.05) is 6.54 Å². The number of carbonyl (C=O) groups is 1. The largest absolute Gasteiger partial charge is 0.391 e. The molecule has 0 aromatic heterocycles. The molecule has 0 heterocycles. The van der Waals surface area contributed by atoms with Crippen molar-refractivity contribution in [2.24, 2.45) is 5.41 Å². The molecule has 0 spiro atoms. The van der Waals surface area contributed by atoms with Gasteiger partial charge in [-0.2, -0.15) is 0 Å². The Morgan fingerprint density at radius 1 is 1.38 bits per heavy atom. The van der Waals surface area contributed by atoms with Gasteiger partial charge in [-0.1, -0.05) is 33.6 Å². The van der Waals surface area contributed by atoms with Crippen LogP contribution in [0.25, 0.3) is 0 Å². The quantitative estimate of drug-likeness (QED) is 0.687. The fourth-order valence-electron chi connectivity index (χ4n) is 1.80. The summed E-state index contributed by atoms with van der Waals surface area (Å²) in [6.45, 7) is 6.17. The van der Waals surface area contributed by atoms with Crippen LogP contribution in [0.1, 0.15) is 46.5 Å². The van der Waals surface area contributed by atoms with Crippen molar-refractivity contribution >= 4 is 6.03 Å². The Balaban J connectivity index is 2.19. The number of amides is 2. The van der Waals surface area contributed by atoms with E-state index in [0.717, 1.165) is 12.8 Å². The molecule has 16 heavy (non-hydrogen) atoms.